The molecule has 0 bridgehead atoms. The van der Waals surface area contributed by atoms with Crippen LogP contribution in [0.15, 0.2) is 0 Å². The summed E-state index contributed by atoms with van der Waals surface area (Å²) in [5.41, 5.74) is 0. The summed E-state index contributed by atoms with van der Waals surface area (Å²) in [6.45, 7) is 4.00. The average Bonchev–Trinajstić information content (AvgIpc) is 2.67. The lowest BCUT2D eigenvalue weighted by Crippen LogP contribution is -2.39. The summed E-state index contributed by atoms with van der Waals surface area (Å²) in [7, 11) is -3.26. The van der Waals surface area contributed by atoms with E-state index in [1.165, 1.54) is 6.42 Å². The lowest BCUT2D eigenvalue weighted by molar-refractivity contribution is 0.533. The van der Waals surface area contributed by atoms with Gasteiger partial charge in [-0.05, 0) is 32.2 Å². The summed E-state index contributed by atoms with van der Waals surface area (Å²) < 4.78 is 27.7. The molecule has 6 heteroatoms. The third-order valence-electron chi connectivity index (χ3n) is 2.49. The molecular formula is C9H21N3O2S. The Labute approximate surface area is 92.2 Å². The van der Waals surface area contributed by atoms with Crippen molar-refractivity contribution in [2.45, 2.75) is 38.6 Å². The fraction of sp³-hybridized carbons (Fsp3) is 1.00. The molecule has 1 aliphatic heterocycles. The van der Waals surface area contributed by atoms with Crippen molar-refractivity contribution in [1.29, 1.82) is 0 Å². The third kappa shape index (κ3) is 5.46. The second kappa shape index (κ2) is 6.42. The van der Waals surface area contributed by atoms with Gasteiger partial charge < -0.3 is 5.32 Å². The number of rotatable bonds is 7. The molecule has 0 aliphatic carbocycles. The number of hydrogen-bond acceptors (Lipinski definition) is 3. The van der Waals surface area contributed by atoms with Gasteiger partial charge in [-0.15, -0.1) is 0 Å². The SMILES string of the molecule is CCCNS(=O)(=O)NCCC1CCCN1. The topological polar surface area (TPSA) is 70.2 Å². The number of nitrogens with one attached hydrogen (secondary N) is 3. The standard InChI is InChI=1S/C9H21N3O2S/c1-2-6-11-15(13,14)12-8-5-9-4-3-7-10-9/h9-12H,2-8H2,1H3. The molecule has 1 atom stereocenters. The Morgan fingerprint density at radius 3 is 2.67 bits per heavy atom. The van der Waals surface area contributed by atoms with Gasteiger partial charge in [-0.2, -0.15) is 8.42 Å². The smallest absolute Gasteiger partial charge is 0.276 e. The van der Waals surface area contributed by atoms with Crippen molar-refractivity contribution in [3.05, 3.63) is 0 Å². The zero-order valence-electron chi connectivity index (χ0n) is 9.25. The van der Waals surface area contributed by atoms with E-state index in [1.54, 1.807) is 0 Å². The van der Waals surface area contributed by atoms with Crippen molar-refractivity contribution < 1.29 is 8.42 Å². The van der Waals surface area contributed by atoms with Gasteiger partial charge in [0.15, 0.2) is 0 Å². The molecule has 1 fully saturated rings. The Hall–Kier alpha value is -0.170. The first-order valence-corrected chi connectivity index (χ1v) is 7.10. The second-order valence-electron chi connectivity index (χ2n) is 3.87. The van der Waals surface area contributed by atoms with E-state index in [2.05, 4.69) is 14.8 Å². The van der Waals surface area contributed by atoms with E-state index in [9.17, 15) is 8.42 Å². The highest BCUT2D eigenvalue weighted by Crippen LogP contribution is 2.07. The largest absolute Gasteiger partial charge is 0.314 e. The highest BCUT2D eigenvalue weighted by Gasteiger charge is 2.14. The zero-order valence-corrected chi connectivity index (χ0v) is 10.1. The van der Waals surface area contributed by atoms with Crippen LogP contribution in [0, 0.1) is 0 Å². The molecule has 0 radical (unpaired) electrons. The Bertz CT molecular complexity index is 261. The van der Waals surface area contributed by atoms with Crippen molar-refractivity contribution in [2.75, 3.05) is 19.6 Å². The molecular weight excluding hydrogens is 214 g/mol. The van der Waals surface area contributed by atoms with Crippen molar-refractivity contribution >= 4 is 10.2 Å². The normalized spacial score (nSPS) is 22.1. The summed E-state index contributed by atoms with van der Waals surface area (Å²) in [6.07, 6.45) is 4.04. The van der Waals surface area contributed by atoms with Gasteiger partial charge in [-0.1, -0.05) is 6.92 Å². The second-order valence-corrected chi connectivity index (χ2v) is 5.46. The average molecular weight is 235 g/mol. The minimum atomic E-state index is -3.26. The van der Waals surface area contributed by atoms with Gasteiger partial charge in [0.2, 0.25) is 0 Å². The lowest BCUT2D eigenvalue weighted by atomic mass is 10.2. The molecule has 3 N–H and O–H groups in total. The fourth-order valence-corrected chi connectivity index (χ4v) is 2.62. The van der Waals surface area contributed by atoms with Crippen LogP contribution in [0.2, 0.25) is 0 Å². The molecule has 90 valence electrons. The zero-order chi connectivity index (χ0) is 11.1. The van der Waals surface area contributed by atoms with Gasteiger partial charge in [-0.25, -0.2) is 9.44 Å². The van der Waals surface area contributed by atoms with Gasteiger partial charge in [0, 0.05) is 19.1 Å². The maximum atomic E-state index is 11.3. The van der Waals surface area contributed by atoms with Gasteiger partial charge >= 0.3 is 0 Å². The summed E-state index contributed by atoms with van der Waals surface area (Å²) in [6, 6.07) is 0.485. The predicted molar refractivity (Wildman–Crippen MR) is 60.9 cm³/mol. The van der Waals surface area contributed by atoms with Crippen LogP contribution >= 0.6 is 0 Å². The minimum absolute atomic E-state index is 0.485. The van der Waals surface area contributed by atoms with E-state index in [1.807, 2.05) is 6.92 Å². The van der Waals surface area contributed by atoms with Gasteiger partial charge in [0.1, 0.15) is 0 Å². The monoisotopic (exact) mass is 235 g/mol. The van der Waals surface area contributed by atoms with Crippen molar-refractivity contribution in [3.8, 4) is 0 Å². The van der Waals surface area contributed by atoms with Crippen LogP contribution in [0.3, 0.4) is 0 Å². The van der Waals surface area contributed by atoms with E-state index in [-0.39, 0.29) is 0 Å². The molecule has 1 saturated heterocycles. The molecule has 0 aromatic rings. The minimum Gasteiger partial charge on any atom is -0.314 e. The Morgan fingerprint density at radius 2 is 2.07 bits per heavy atom. The van der Waals surface area contributed by atoms with Crippen LogP contribution in [-0.2, 0) is 10.2 Å². The molecule has 0 amide bonds. The molecule has 15 heavy (non-hydrogen) atoms. The Kier molecular flexibility index (Phi) is 5.52. The van der Waals surface area contributed by atoms with E-state index < -0.39 is 10.2 Å². The maximum Gasteiger partial charge on any atom is 0.276 e. The molecule has 0 spiro atoms. The van der Waals surface area contributed by atoms with E-state index in [0.29, 0.717) is 19.1 Å². The molecule has 0 aromatic carbocycles. The van der Waals surface area contributed by atoms with Gasteiger partial charge in [0.25, 0.3) is 10.2 Å². The highest BCUT2D eigenvalue weighted by molar-refractivity contribution is 7.87. The molecule has 5 nitrogen and oxygen atoms in total. The van der Waals surface area contributed by atoms with Gasteiger partial charge in [-0.3, -0.25) is 0 Å². The van der Waals surface area contributed by atoms with Crippen LogP contribution in [0.1, 0.15) is 32.6 Å². The molecule has 1 unspecified atom stereocenters. The van der Waals surface area contributed by atoms with Gasteiger partial charge in [0.05, 0.1) is 0 Å². The molecule has 1 rings (SSSR count). The van der Waals surface area contributed by atoms with Crippen molar-refractivity contribution in [2.24, 2.45) is 0 Å². The van der Waals surface area contributed by atoms with Crippen LogP contribution < -0.4 is 14.8 Å². The summed E-state index contributed by atoms with van der Waals surface area (Å²) in [5, 5.41) is 3.33. The van der Waals surface area contributed by atoms with Crippen LogP contribution in [-0.4, -0.2) is 34.1 Å². The van der Waals surface area contributed by atoms with Crippen LogP contribution in [0.5, 0.6) is 0 Å². The van der Waals surface area contributed by atoms with E-state index >= 15 is 0 Å². The maximum absolute atomic E-state index is 11.3. The highest BCUT2D eigenvalue weighted by atomic mass is 32.2. The number of hydrogen-bond donors (Lipinski definition) is 3. The van der Waals surface area contributed by atoms with Crippen LogP contribution in [0.4, 0.5) is 0 Å². The predicted octanol–water partition coefficient (Wildman–Crippen LogP) is -0.0375. The molecule has 1 aliphatic rings. The molecule has 0 saturated carbocycles. The fourth-order valence-electron chi connectivity index (χ4n) is 1.66. The van der Waals surface area contributed by atoms with Crippen LogP contribution in [0.25, 0.3) is 0 Å². The first kappa shape index (κ1) is 12.9. The first-order chi connectivity index (χ1) is 7.14. The van der Waals surface area contributed by atoms with E-state index in [0.717, 1.165) is 25.8 Å². The third-order valence-corrected chi connectivity index (χ3v) is 3.66. The first-order valence-electron chi connectivity index (χ1n) is 5.61. The summed E-state index contributed by atoms with van der Waals surface area (Å²) in [4.78, 5) is 0. The molecule has 0 aromatic heterocycles. The Balaban J connectivity index is 2.12. The summed E-state index contributed by atoms with van der Waals surface area (Å²) >= 11 is 0. The Morgan fingerprint density at radius 1 is 1.33 bits per heavy atom. The lowest BCUT2D eigenvalue weighted by Gasteiger charge is -2.11. The quantitative estimate of drug-likeness (QED) is 0.580. The van der Waals surface area contributed by atoms with Crippen molar-refractivity contribution in [1.82, 2.24) is 14.8 Å². The molecule has 1 heterocycles. The summed E-state index contributed by atoms with van der Waals surface area (Å²) in [5.74, 6) is 0. The van der Waals surface area contributed by atoms with E-state index in [4.69, 9.17) is 0 Å². The van der Waals surface area contributed by atoms with Crippen molar-refractivity contribution in [3.63, 3.8) is 0 Å².